The molecule has 0 saturated heterocycles. The monoisotopic (exact) mass is 326 g/mol. The quantitative estimate of drug-likeness (QED) is 0.371. The van der Waals surface area contributed by atoms with Crippen molar-refractivity contribution in [1.29, 1.82) is 0 Å². The van der Waals surface area contributed by atoms with E-state index in [0.29, 0.717) is 0 Å². The lowest BCUT2D eigenvalue weighted by atomic mass is 10.0. The van der Waals surface area contributed by atoms with E-state index in [-0.39, 0.29) is 11.3 Å². The molecule has 3 aromatic carbocycles. The van der Waals surface area contributed by atoms with Gasteiger partial charge >= 0.3 is 0 Å². The van der Waals surface area contributed by atoms with E-state index in [4.69, 9.17) is 0 Å². The first-order valence-corrected chi connectivity index (χ1v) is 7.87. The number of halogens is 1. The Bertz CT molecular complexity index is 975. The minimum atomic E-state index is -0.519. The Balaban J connectivity index is 1.86. The van der Waals surface area contributed by atoms with E-state index in [2.05, 4.69) is 11.8 Å². The van der Waals surface area contributed by atoms with E-state index in [1.807, 2.05) is 54.6 Å². The second-order valence-corrected chi connectivity index (χ2v) is 5.38. The number of benzene rings is 3. The minimum Gasteiger partial charge on any atom is -0.289 e. The van der Waals surface area contributed by atoms with Crippen LogP contribution in [0.4, 0.5) is 4.39 Å². The molecule has 1 nitrogen and oxygen atoms in total. The van der Waals surface area contributed by atoms with Crippen molar-refractivity contribution in [2.75, 3.05) is 0 Å². The maximum atomic E-state index is 13.7. The van der Waals surface area contributed by atoms with Crippen LogP contribution in [0.1, 0.15) is 27.0 Å². The fourth-order valence-electron chi connectivity index (χ4n) is 2.33. The van der Waals surface area contributed by atoms with Gasteiger partial charge in [-0.05, 0) is 48.0 Å². The van der Waals surface area contributed by atoms with Crippen LogP contribution >= 0.6 is 0 Å². The van der Waals surface area contributed by atoms with Crippen molar-refractivity contribution in [2.24, 2.45) is 0 Å². The van der Waals surface area contributed by atoms with Gasteiger partial charge in [-0.3, -0.25) is 4.79 Å². The van der Waals surface area contributed by atoms with Gasteiger partial charge in [0.2, 0.25) is 0 Å². The molecule has 25 heavy (non-hydrogen) atoms. The van der Waals surface area contributed by atoms with Crippen molar-refractivity contribution in [3.63, 3.8) is 0 Å². The number of carbonyl (C=O) groups excluding carboxylic acids is 1. The van der Waals surface area contributed by atoms with E-state index in [1.54, 1.807) is 18.2 Å². The molecule has 120 valence electrons. The molecule has 0 heterocycles. The second-order valence-electron chi connectivity index (χ2n) is 5.38. The van der Waals surface area contributed by atoms with Gasteiger partial charge in [-0.25, -0.2) is 4.39 Å². The molecule has 0 aliphatic carbocycles. The summed E-state index contributed by atoms with van der Waals surface area (Å²) in [6, 6.07) is 23.2. The van der Waals surface area contributed by atoms with Gasteiger partial charge in [-0.15, -0.1) is 0 Å². The molecule has 3 rings (SSSR count). The third-order valence-corrected chi connectivity index (χ3v) is 3.63. The average molecular weight is 326 g/mol. The van der Waals surface area contributed by atoms with Crippen LogP contribution in [0, 0.1) is 17.7 Å². The Hall–Kier alpha value is -3.44. The molecule has 0 bridgehead atoms. The third-order valence-electron chi connectivity index (χ3n) is 3.63. The van der Waals surface area contributed by atoms with Gasteiger partial charge in [0.1, 0.15) is 5.82 Å². The zero-order valence-electron chi connectivity index (χ0n) is 13.4. The Labute approximate surface area is 146 Å². The molecule has 0 spiro atoms. The molecule has 0 unspecified atom stereocenters. The van der Waals surface area contributed by atoms with E-state index in [1.165, 1.54) is 18.2 Å². The first kappa shape index (κ1) is 16.4. The normalized spacial score (nSPS) is 10.3. The summed E-state index contributed by atoms with van der Waals surface area (Å²) in [5.41, 5.74) is 2.61. The van der Waals surface area contributed by atoms with Gasteiger partial charge in [0, 0.05) is 11.1 Å². The minimum absolute atomic E-state index is 0.0617. The molecule has 0 atom stereocenters. The Morgan fingerprint density at radius 2 is 1.48 bits per heavy atom. The summed E-state index contributed by atoms with van der Waals surface area (Å²) in [6.07, 6.45) is 3.05. The summed E-state index contributed by atoms with van der Waals surface area (Å²) in [7, 11) is 0. The molecule has 0 amide bonds. The molecule has 0 N–H and O–H groups in total. The van der Waals surface area contributed by atoms with Gasteiger partial charge in [0.25, 0.3) is 0 Å². The highest BCUT2D eigenvalue weighted by Gasteiger charge is 2.07. The van der Waals surface area contributed by atoms with Crippen molar-refractivity contribution < 1.29 is 9.18 Å². The second kappa shape index (κ2) is 7.90. The summed E-state index contributed by atoms with van der Waals surface area (Å²) in [5, 5.41) is 0. The lowest BCUT2D eigenvalue weighted by molar-refractivity contribution is 0.104. The molecular weight excluding hydrogens is 311 g/mol. The molecule has 0 fully saturated rings. The van der Waals surface area contributed by atoms with Crippen molar-refractivity contribution in [1.82, 2.24) is 0 Å². The van der Waals surface area contributed by atoms with Crippen molar-refractivity contribution in [2.45, 2.75) is 0 Å². The summed E-state index contributed by atoms with van der Waals surface area (Å²) in [6.45, 7) is 0. The van der Waals surface area contributed by atoms with Gasteiger partial charge in [0.05, 0.1) is 5.56 Å². The maximum Gasteiger partial charge on any atom is 0.188 e. The summed E-state index contributed by atoms with van der Waals surface area (Å²) in [5.74, 6) is 5.33. The summed E-state index contributed by atoms with van der Waals surface area (Å²) in [4.78, 5) is 12.2. The van der Waals surface area contributed by atoms with Crippen LogP contribution in [0.25, 0.3) is 6.08 Å². The average Bonchev–Trinajstić information content (AvgIpc) is 2.66. The number of rotatable bonds is 3. The molecule has 0 aliphatic heterocycles. The number of hydrogen-bond acceptors (Lipinski definition) is 1. The number of allylic oxidation sites excluding steroid dienone is 1. The Kier molecular flexibility index (Phi) is 5.19. The third kappa shape index (κ3) is 4.31. The first-order chi connectivity index (χ1) is 12.2. The molecule has 0 aromatic heterocycles. The zero-order chi connectivity index (χ0) is 17.5. The highest BCUT2D eigenvalue weighted by Crippen LogP contribution is 2.13. The van der Waals surface area contributed by atoms with E-state index in [0.717, 1.165) is 16.7 Å². The predicted molar refractivity (Wildman–Crippen MR) is 98.6 cm³/mol. The van der Waals surface area contributed by atoms with Crippen molar-refractivity contribution in [3.05, 3.63) is 113 Å². The lowest BCUT2D eigenvalue weighted by Gasteiger charge is -1.99. The molecule has 0 saturated carbocycles. The summed E-state index contributed by atoms with van der Waals surface area (Å²) < 4.78 is 13.7. The van der Waals surface area contributed by atoms with Gasteiger partial charge < -0.3 is 0 Å². The van der Waals surface area contributed by atoms with Crippen LogP contribution < -0.4 is 0 Å². The Morgan fingerprint density at radius 3 is 2.28 bits per heavy atom. The fraction of sp³-hybridized carbons (Fsp3) is 0. The lowest BCUT2D eigenvalue weighted by Crippen LogP contribution is -1.97. The van der Waals surface area contributed by atoms with Crippen molar-refractivity contribution >= 4 is 11.9 Å². The van der Waals surface area contributed by atoms with Crippen molar-refractivity contribution in [3.8, 4) is 11.8 Å². The van der Waals surface area contributed by atoms with Crippen LogP contribution in [0.3, 0.4) is 0 Å². The predicted octanol–water partition coefficient (Wildman–Crippen LogP) is 5.12. The highest BCUT2D eigenvalue weighted by atomic mass is 19.1. The number of hydrogen-bond donors (Lipinski definition) is 0. The molecule has 0 radical (unpaired) electrons. The maximum absolute atomic E-state index is 13.7. The molecular formula is C23H15FO. The van der Waals surface area contributed by atoms with E-state index >= 15 is 0 Å². The first-order valence-electron chi connectivity index (χ1n) is 7.87. The van der Waals surface area contributed by atoms with E-state index in [9.17, 15) is 9.18 Å². The number of carbonyl (C=O) groups is 1. The van der Waals surface area contributed by atoms with Crippen LogP contribution in [-0.4, -0.2) is 5.78 Å². The topological polar surface area (TPSA) is 17.1 Å². The standard InChI is InChI=1S/C23H15FO/c24-22-13-7-6-12-21(22)23(25)17-16-20-11-5-4-10-19(20)15-14-18-8-2-1-3-9-18/h1-13,16-17H/b17-16+. The summed E-state index contributed by atoms with van der Waals surface area (Å²) >= 11 is 0. The molecule has 0 aliphatic rings. The van der Waals surface area contributed by atoms with Gasteiger partial charge in [-0.2, -0.15) is 0 Å². The van der Waals surface area contributed by atoms with Gasteiger partial charge in [-0.1, -0.05) is 60.4 Å². The number of ketones is 1. The van der Waals surface area contributed by atoms with Gasteiger partial charge in [0.15, 0.2) is 5.78 Å². The van der Waals surface area contributed by atoms with E-state index < -0.39 is 5.82 Å². The largest absolute Gasteiger partial charge is 0.289 e. The van der Waals surface area contributed by atoms with Crippen LogP contribution in [0.2, 0.25) is 0 Å². The highest BCUT2D eigenvalue weighted by molar-refractivity contribution is 6.07. The smallest absolute Gasteiger partial charge is 0.188 e. The van der Waals surface area contributed by atoms with Crippen LogP contribution in [0.5, 0.6) is 0 Å². The zero-order valence-corrected chi connectivity index (χ0v) is 13.4. The SMILES string of the molecule is O=C(/C=C/c1ccccc1C#Cc1ccccc1)c1ccccc1F. The molecule has 3 aromatic rings. The van der Waals surface area contributed by atoms with Crippen LogP contribution in [0.15, 0.2) is 84.9 Å². The fourth-order valence-corrected chi connectivity index (χ4v) is 2.33. The van der Waals surface area contributed by atoms with Crippen LogP contribution in [-0.2, 0) is 0 Å². The Morgan fingerprint density at radius 1 is 0.800 bits per heavy atom. The molecule has 2 heteroatoms.